The van der Waals surface area contributed by atoms with Crippen LogP contribution in [-0.2, 0) is 22.9 Å². The molecule has 0 bridgehead atoms. The number of thiophene rings is 1. The Morgan fingerprint density at radius 3 is 2.71 bits per heavy atom. The van der Waals surface area contributed by atoms with Gasteiger partial charge in [0.2, 0.25) is 10.0 Å². The van der Waals surface area contributed by atoms with E-state index in [0.29, 0.717) is 30.3 Å². The number of hydrogen-bond acceptors (Lipinski definition) is 5. The summed E-state index contributed by atoms with van der Waals surface area (Å²) in [5.74, 6) is 0.123. The zero-order valence-corrected chi connectivity index (χ0v) is 16.1. The highest BCUT2D eigenvalue weighted by Crippen LogP contribution is 2.40. The molecule has 0 saturated carbocycles. The fraction of sp³-hybridized carbons (Fsp3) is 0.706. The summed E-state index contributed by atoms with van der Waals surface area (Å²) in [5.41, 5.74) is 1.47. The van der Waals surface area contributed by atoms with Gasteiger partial charge in [0, 0.05) is 11.4 Å². The van der Waals surface area contributed by atoms with Crippen molar-refractivity contribution in [3.63, 3.8) is 0 Å². The van der Waals surface area contributed by atoms with Crippen molar-refractivity contribution >= 4 is 27.3 Å². The second-order valence-corrected chi connectivity index (χ2v) is 11.1. The standard InChI is InChI=1S/C17H26N2O3S2/c1-17(2,3)12-4-5-14-11(8-12)9-15(23-14)16(20)19-24(21,22)13-6-7-18-10-13/h9,12-13,18H,4-8,10H2,1-3H3,(H,19,20). The number of rotatable bonds is 3. The predicted molar refractivity (Wildman–Crippen MR) is 96.9 cm³/mol. The van der Waals surface area contributed by atoms with Crippen molar-refractivity contribution in [2.24, 2.45) is 11.3 Å². The Morgan fingerprint density at radius 2 is 2.08 bits per heavy atom. The first-order chi connectivity index (χ1) is 11.2. The third-order valence-electron chi connectivity index (χ3n) is 5.22. The second-order valence-electron chi connectivity index (χ2n) is 7.96. The van der Waals surface area contributed by atoms with Crippen molar-refractivity contribution in [3.05, 3.63) is 21.4 Å². The highest BCUT2D eigenvalue weighted by Gasteiger charge is 2.33. The molecule has 1 aromatic rings. The maximum atomic E-state index is 12.4. The van der Waals surface area contributed by atoms with Crippen LogP contribution in [0.4, 0.5) is 0 Å². The van der Waals surface area contributed by atoms with Gasteiger partial charge >= 0.3 is 0 Å². The van der Waals surface area contributed by atoms with E-state index >= 15 is 0 Å². The second kappa shape index (κ2) is 6.42. The molecule has 2 N–H and O–H groups in total. The number of carbonyl (C=O) groups excluding carboxylic acids is 1. The molecule has 2 atom stereocenters. The zero-order chi connectivity index (χ0) is 17.5. The molecular weight excluding hydrogens is 344 g/mol. The smallest absolute Gasteiger partial charge is 0.274 e. The fourth-order valence-electron chi connectivity index (χ4n) is 3.53. The summed E-state index contributed by atoms with van der Waals surface area (Å²) in [6.07, 6.45) is 3.64. The van der Waals surface area contributed by atoms with Crippen LogP contribution in [0.15, 0.2) is 6.07 Å². The van der Waals surface area contributed by atoms with Crippen LogP contribution in [0.1, 0.15) is 53.7 Å². The van der Waals surface area contributed by atoms with E-state index in [0.717, 1.165) is 19.3 Å². The normalized spacial score (nSPS) is 24.6. The maximum Gasteiger partial charge on any atom is 0.274 e. The molecule has 7 heteroatoms. The Hall–Kier alpha value is -0.920. The van der Waals surface area contributed by atoms with E-state index in [-0.39, 0.29) is 5.41 Å². The molecule has 1 aliphatic heterocycles. The largest absolute Gasteiger partial charge is 0.315 e. The van der Waals surface area contributed by atoms with Crippen LogP contribution in [0, 0.1) is 11.3 Å². The summed E-state index contributed by atoms with van der Waals surface area (Å²) in [5, 5.41) is 2.51. The minimum Gasteiger partial charge on any atom is -0.315 e. The molecule has 0 spiro atoms. The van der Waals surface area contributed by atoms with Gasteiger partial charge in [-0.2, -0.15) is 0 Å². The number of amides is 1. The highest BCUT2D eigenvalue weighted by molar-refractivity contribution is 7.90. The van der Waals surface area contributed by atoms with Gasteiger partial charge in [0.05, 0.1) is 10.1 Å². The Morgan fingerprint density at radius 1 is 1.33 bits per heavy atom. The number of carbonyl (C=O) groups is 1. The molecule has 5 nitrogen and oxygen atoms in total. The van der Waals surface area contributed by atoms with Gasteiger partial charge in [0.1, 0.15) is 0 Å². The molecule has 2 unspecified atom stereocenters. The lowest BCUT2D eigenvalue weighted by Gasteiger charge is -2.33. The number of fused-ring (bicyclic) bond motifs is 1. The first-order valence-corrected chi connectivity index (χ1v) is 10.9. The predicted octanol–water partition coefficient (Wildman–Crippen LogP) is 2.32. The molecule has 1 aromatic heterocycles. The van der Waals surface area contributed by atoms with Crippen molar-refractivity contribution in [3.8, 4) is 0 Å². The Kier molecular flexibility index (Phi) is 4.79. The molecule has 1 fully saturated rings. The summed E-state index contributed by atoms with van der Waals surface area (Å²) in [6, 6.07) is 1.90. The van der Waals surface area contributed by atoms with E-state index in [4.69, 9.17) is 0 Å². The lowest BCUT2D eigenvalue weighted by Crippen LogP contribution is -2.39. The van der Waals surface area contributed by atoms with Crippen LogP contribution in [0.3, 0.4) is 0 Å². The number of nitrogens with one attached hydrogen (secondary N) is 2. The van der Waals surface area contributed by atoms with Gasteiger partial charge in [-0.1, -0.05) is 20.8 Å². The zero-order valence-electron chi connectivity index (χ0n) is 14.5. The van der Waals surface area contributed by atoms with Crippen LogP contribution in [0.5, 0.6) is 0 Å². The molecule has 0 radical (unpaired) electrons. The molecule has 2 aliphatic rings. The van der Waals surface area contributed by atoms with Crippen LogP contribution in [-0.4, -0.2) is 32.7 Å². The van der Waals surface area contributed by atoms with Gasteiger partial charge < -0.3 is 5.32 Å². The van der Waals surface area contributed by atoms with Crippen molar-refractivity contribution in [1.29, 1.82) is 0 Å². The molecular formula is C17H26N2O3S2. The SMILES string of the molecule is CC(C)(C)C1CCc2sc(C(=O)NS(=O)(=O)C3CCNC3)cc2C1. The average Bonchev–Trinajstić information content (AvgIpc) is 3.14. The average molecular weight is 371 g/mol. The third kappa shape index (κ3) is 3.68. The van der Waals surface area contributed by atoms with E-state index in [1.165, 1.54) is 21.8 Å². The summed E-state index contributed by atoms with van der Waals surface area (Å²) in [7, 11) is -3.60. The minimum atomic E-state index is -3.60. The van der Waals surface area contributed by atoms with E-state index in [1.807, 2.05) is 6.07 Å². The quantitative estimate of drug-likeness (QED) is 0.856. The monoisotopic (exact) mass is 370 g/mol. The summed E-state index contributed by atoms with van der Waals surface area (Å²) < 4.78 is 26.8. The van der Waals surface area contributed by atoms with E-state index < -0.39 is 21.2 Å². The van der Waals surface area contributed by atoms with Gasteiger partial charge in [-0.05, 0) is 55.2 Å². The fourth-order valence-corrected chi connectivity index (χ4v) is 6.00. The van der Waals surface area contributed by atoms with E-state index in [9.17, 15) is 13.2 Å². The summed E-state index contributed by atoms with van der Waals surface area (Å²) in [6.45, 7) is 7.86. The molecule has 3 rings (SSSR count). The van der Waals surface area contributed by atoms with Gasteiger partial charge in [-0.15, -0.1) is 11.3 Å². The van der Waals surface area contributed by atoms with Crippen LogP contribution >= 0.6 is 11.3 Å². The number of hydrogen-bond donors (Lipinski definition) is 2. The first kappa shape index (κ1) is 17.9. The Balaban J connectivity index is 1.72. The summed E-state index contributed by atoms with van der Waals surface area (Å²) >= 11 is 1.45. The molecule has 1 amide bonds. The van der Waals surface area contributed by atoms with E-state index in [2.05, 4.69) is 30.8 Å². The van der Waals surface area contributed by atoms with Crippen molar-refractivity contribution in [1.82, 2.24) is 10.0 Å². The van der Waals surface area contributed by atoms with Crippen molar-refractivity contribution < 1.29 is 13.2 Å². The van der Waals surface area contributed by atoms with Gasteiger partial charge in [0.15, 0.2) is 0 Å². The third-order valence-corrected chi connectivity index (χ3v) is 8.21. The highest BCUT2D eigenvalue weighted by atomic mass is 32.2. The van der Waals surface area contributed by atoms with Crippen molar-refractivity contribution in [2.45, 2.75) is 51.7 Å². The van der Waals surface area contributed by atoms with Crippen LogP contribution in [0.25, 0.3) is 0 Å². The first-order valence-electron chi connectivity index (χ1n) is 8.55. The van der Waals surface area contributed by atoms with E-state index in [1.54, 1.807) is 0 Å². The van der Waals surface area contributed by atoms with Crippen molar-refractivity contribution in [2.75, 3.05) is 13.1 Å². The lowest BCUT2D eigenvalue weighted by atomic mass is 9.72. The Labute approximate surface area is 148 Å². The topological polar surface area (TPSA) is 75.3 Å². The number of aryl methyl sites for hydroxylation is 1. The lowest BCUT2D eigenvalue weighted by molar-refractivity contribution is 0.0985. The van der Waals surface area contributed by atoms with Crippen LogP contribution in [0.2, 0.25) is 0 Å². The maximum absolute atomic E-state index is 12.4. The van der Waals surface area contributed by atoms with Gasteiger partial charge in [0.25, 0.3) is 5.91 Å². The Bertz CT molecular complexity index is 726. The molecule has 24 heavy (non-hydrogen) atoms. The van der Waals surface area contributed by atoms with Crippen LogP contribution < -0.4 is 10.0 Å². The van der Waals surface area contributed by atoms with Gasteiger partial charge in [-0.3, -0.25) is 4.79 Å². The molecule has 2 heterocycles. The van der Waals surface area contributed by atoms with Gasteiger partial charge in [-0.25, -0.2) is 13.1 Å². The molecule has 1 saturated heterocycles. The number of sulfonamides is 1. The molecule has 1 aliphatic carbocycles. The molecule has 0 aromatic carbocycles. The molecule has 134 valence electrons. The minimum absolute atomic E-state index is 0.251. The summed E-state index contributed by atoms with van der Waals surface area (Å²) in [4.78, 5) is 14.2.